The lowest BCUT2D eigenvalue weighted by atomic mass is 10.2. The Bertz CT molecular complexity index is 530. The average molecular weight is 272 g/mol. The molecule has 0 aromatic carbocycles. The molecule has 0 N–H and O–H groups in total. The Kier molecular flexibility index (Phi) is 3.42. The van der Waals surface area contributed by atoms with Gasteiger partial charge in [-0.2, -0.15) is 0 Å². The molecule has 0 bridgehead atoms. The van der Waals surface area contributed by atoms with E-state index in [1.807, 2.05) is 0 Å². The molecule has 2 aromatic rings. The standard InChI is InChI=1S/C11H10ClNOS2/c1-6-3-8(7(2)16-6)11-13-9(5-15-11)10(14)4-12/h3,5H,4H2,1-2H3. The van der Waals surface area contributed by atoms with Crippen molar-refractivity contribution in [1.29, 1.82) is 0 Å². The van der Waals surface area contributed by atoms with E-state index < -0.39 is 0 Å². The van der Waals surface area contributed by atoms with Crippen molar-refractivity contribution >= 4 is 40.1 Å². The number of rotatable bonds is 3. The lowest BCUT2D eigenvalue weighted by Gasteiger charge is -1.92. The number of thiophene rings is 1. The lowest BCUT2D eigenvalue weighted by molar-refractivity contribution is 0.101. The highest BCUT2D eigenvalue weighted by Crippen LogP contribution is 2.32. The van der Waals surface area contributed by atoms with Gasteiger partial charge < -0.3 is 0 Å². The Morgan fingerprint density at radius 2 is 2.25 bits per heavy atom. The van der Waals surface area contributed by atoms with Gasteiger partial charge in [-0.15, -0.1) is 34.3 Å². The summed E-state index contributed by atoms with van der Waals surface area (Å²) in [6.07, 6.45) is 0. The van der Waals surface area contributed by atoms with Gasteiger partial charge in [-0.25, -0.2) is 4.98 Å². The number of alkyl halides is 1. The van der Waals surface area contributed by atoms with Crippen molar-refractivity contribution in [2.45, 2.75) is 13.8 Å². The zero-order valence-electron chi connectivity index (χ0n) is 8.91. The van der Waals surface area contributed by atoms with Crippen LogP contribution in [-0.4, -0.2) is 16.6 Å². The summed E-state index contributed by atoms with van der Waals surface area (Å²) in [6.45, 7) is 4.14. The van der Waals surface area contributed by atoms with Crippen molar-refractivity contribution in [2.24, 2.45) is 0 Å². The largest absolute Gasteiger partial charge is 0.291 e. The zero-order chi connectivity index (χ0) is 11.7. The van der Waals surface area contributed by atoms with E-state index in [9.17, 15) is 4.79 Å². The normalized spacial score (nSPS) is 10.7. The van der Waals surface area contributed by atoms with Crippen LogP contribution >= 0.6 is 34.3 Å². The van der Waals surface area contributed by atoms with Gasteiger partial charge >= 0.3 is 0 Å². The minimum Gasteiger partial charge on any atom is -0.291 e. The third-order valence-corrected chi connectivity index (χ3v) is 4.27. The monoisotopic (exact) mass is 271 g/mol. The quantitative estimate of drug-likeness (QED) is 0.626. The summed E-state index contributed by atoms with van der Waals surface area (Å²) < 4.78 is 0. The molecule has 0 spiro atoms. The Hall–Kier alpha value is -0.710. The topological polar surface area (TPSA) is 30.0 Å². The molecular weight excluding hydrogens is 262 g/mol. The molecule has 0 aliphatic rings. The molecule has 0 saturated heterocycles. The first-order valence-electron chi connectivity index (χ1n) is 4.74. The number of hydrogen-bond donors (Lipinski definition) is 0. The molecular formula is C11H10ClNOS2. The summed E-state index contributed by atoms with van der Waals surface area (Å²) in [7, 11) is 0. The number of Topliss-reactive ketones (excluding diaryl/α,β-unsaturated/α-hetero) is 1. The highest BCUT2D eigenvalue weighted by molar-refractivity contribution is 7.15. The van der Waals surface area contributed by atoms with Crippen LogP contribution in [0.2, 0.25) is 0 Å². The maximum absolute atomic E-state index is 11.4. The second-order valence-electron chi connectivity index (χ2n) is 3.42. The van der Waals surface area contributed by atoms with Gasteiger partial charge in [0, 0.05) is 20.7 Å². The average Bonchev–Trinajstić information content (AvgIpc) is 2.83. The van der Waals surface area contributed by atoms with Crippen LogP contribution in [0, 0.1) is 13.8 Å². The van der Waals surface area contributed by atoms with Crippen molar-refractivity contribution in [3.63, 3.8) is 0 Å². The predicted molar refractivity (Wildman–Crippen MR) is 70.0 cm³/mol. The van der Waals surface area contributed by atoms with Gasteiger partial charge in [0.05, 0.1) is 5.88 Å². The fourth-order valence-corrected chi connectivity index (χ4v) is 3.46. The predicted octanol–water partition coefficient (Wildman–Crippen LogP) is 3.91. The first-order chi connectivity index (χ1) is 7.61. The highest BCUT2D eigenvalue weighted by Gasteiger charge is 2.13. The van der Waals surface area contributed by atoms with Gasteiger partial charge in [0.2, 0.25) is 0 Å². The molecule has 0 radical (unpaired) electrons. The first kappa shape index (κ1) is 11.8. The number of carbonyl (C=O) groups excluding carboxylic acids is 1. The van der Waals surface area contributed by atoms with Gasteiger partial charge in [-0.3, -0.25) is 4.79 Å². The van der Waals surface area contributed by atoms with E-state index >= 15 is 0 Å². The first-order valence-corrected chi connectivity index (χ1v) is 6.97. The van der Waals surface area contributed by atoms with E-state index in [2.05, 4.69) is 24.9 Å². The van der Waals surface area contributed by atoms with Crippen LogP contribution < -0.4 is 0 Å². The van der Waals surface area contributed by atoms with Crippen LogP contribution in [0.4, 0.5) is 0 Å². The molecule has 84 valence electrons. The second-order valence-corrected chi connectivity index (χ2v) is 6.01. The van der Waals surface area contributed by atoms with Crippen molar-refractivity contribution in [3.05, 3.63) is 26.9 Å². The highest BCUT2D eigenvalue weighted by atomic mass is 35.5. The van der Waals surface area contributed by atoms with E-state index in [-0.39, 0.29) is 11.7 Å². The third kappa shape index (κ3) is 2.19. The fraction of sp³-hybridized carbons (Fsp3) is 0.273. The molecule has 0 amide bonds. The van der Waals surface area contributed by atoms with E-state index in [0.717, 1.165) is 10.6 Å². The van der Waals surface area contributed by atoms with Crippen LogP contribution in [0.3, 0.4) is 0 Å². The number of aryl methyl sites for hydroxylation is 2. The van der Waals surface area contributed by atoms with Crippen molar-refractivity contribution in [3.8, 4) is 10.6 Å². The molecule has 0 atom stereocenters. The van der Waals surface area contributed by atoms with Crippen molar-refractivity contribution in [1.82, 2.24) is 4.98 Å². The van der Waals surface area contributed by atoms with E-state index in [4.69, 9.17) is 11.6 Å². The maximum Gasteiger partial charge on any atom is 0.196 e. The molecule has 2 nitrogen and oxygen atoms in total. The molecule has 0 aliphatic heterocycles. The Morgan fingerprint density at radius 3 is 2.81 bits per heavy atom. The summed E-state index contributed by atoms with van der Waals surface area (Å²) in [5, 5.41) is 2.67. The smallest absolute Gasteiger partial charge is 0.196 e. The van der Waals surface area contributed by atoms with Crippen LogP contribution in [0.5, 0.6) is 0 Å². The fourth-order valence-electron chi connectivity index (χ4n) is 1.44. The van der Waals surface area contributed by atoms with E-state index in [1.54, 1.807) is 16.7 Å². The summed E-state index contributed by atoms with van der Waals surface area (Å²) in [5.74, 6) is -0.126. The zero-order valence-corrected chi connectivity index (χ0v) is 11.3. The number of halogens is 1. The summed E-state index contributed by atoms with van der Waals surface area (Å²) >= 11 is 8.73. The molecule has 5 heteroatoms. The third-order valence-electron chi connectivity index (χ3n) is 2.18. The summed E-state index contributed by atoms with van der Waals surface area (Å²) in [4.78, 5) is 18.2. The Labute approximate surface area is 107 Å². The van der Waals surface area contributed by atoms with Crippen molar-refractivity contribution < 1.29 is 4.79 Å². The van der Waals surface area contributed by atoms with Crippen molar-refractivity contribution in [2.75, 3.05) is 5.88 Å². The molecule has 2 rings (SSSR count). The maximum atomic E-state index is 11.4. The van der Waals surface area contributed by atoms with Gasteiger partial charge in [-0.1, -0.05) is 0 Å². The number of carbonyl (C=O) groups is 1. The van der Waals surface area contributed by atoms with Gasteiger partial charge in [0.25, 0.3) is 0 Å². The molecule has 2 heterocycles. The number of ketones is 1. The number of hydrogen-bond acceptors (Lipinski definition) is 4. The minimum absolute atomic E-state index is 0.00911. The lowest BCUT2D eigenvalue weighted by Crippen LogP contribution is -1.99. The molecule has 2 aromatic heterocycles. The van der Waals surface area contributed by atoms with Crippen LogP contribution in [0.1, 0.15) is 20.2 Å². The van der Waals surface area contributed by atoms with E-state index in [0.29, 0.717) is 5.69 Å². The minimum atomic E-state index is -0.117. The van der Waals surface area contributed by atoms with E-state index in [1.165, 1.54) is 21.1 Å². The summed E-state index contributed by atoms with van der Waals surface area (Å²) in [6, 6.07) is 2.10. The molecule has 0 saturated carbocycles. The number of aromatic nitrogens is 1. The molecule has 0 unspecified atom stereocenters. The number of thiazole rings is 1. The molecule has 0 fully saturated rings. The van der Waals surface area contributed by atoms with Gasteiger partial charge in [-0.05, 0) is 19.9 Å². The van der Waals surface area contributed by atoms with Gasteiger partial charge in [0.15, 0.2) is 5.78 Å². The van der Waals surface area contributed by atoms with Crippen LogP contribution in [-0.2, 0) is 0 Å². The van der Waals surface area contributed by atoms with Crippen LogP contribution in [0.25, 0.3) is 10.6 Å². The second kappa shape index (κ2) is 4.65. The van der Waals surface area contributed by atoms with Crippen LogP contribution in [0.15, 0.2) is 11.4 Å². The Balaban J connectivity index is 2.38. The SMILES string of the molecule is Cc1cc(-c2nc(C(=O)CCl)cs2)c(C)s1. The summed E-state index contributed by atoms with van der Waals surface area (Å²) in [5.41, 5.74) is 1.60. The van der Waals surface area contributed by atoms with Gasteiger partial charge in [0.1, 0.15) is 10.7 Å². The Morgan fingerprint density at radius 1 is 1.50 bits per heavy atom. The molecule has 0 aliphatic carbocycles. The molecule has 16 heavy (non-hydrogen) atoms. The number of nitrogens with zero attached hydrogens (tertiary/aromatic N) is 1.